The Morgan fingerprint density at radius 1 is 1.06 bits per heavy atom. The number of rotatable bonds is 1. The lowest BCUT2D eigenvalue weighted by Crippen LogP contribution is -1.96. The zero-order valence-corrected chi connectivity index (χ0v) is 10.1. The summed E-state index contributed by atoms with van der Waals surface area (Å²) in [5.74, 6) is 0.423. The molecule has 18 heavy (non-hydrogen) atoms. The van der Waals surface area contributed by atoms with Gasteiger partial charge in [-0.05, 0) is 12.1 Å². The lowest BCUT2D eigenvalue weighted by molar-refractivity contribution is 1.07. The van der Waals surface area contributed by atoms with E-state index in [1.54, 1.807) is 6.07 Å². The maximum Gasteiger partial charge on any atom is 0.154 e. The fourth-order valence-corrected chi connectivity index (χ4v) is 2.63. The summed E-state index contributed by atoms with van der Waals surface area (Å²) < 4.78 is 0. The molecule has 0 bridgehead atoms. The predicted octanol–water partition coefficient (Wildman–Crippen LogP) is 2.81. The third-order valence-corrected chi connectivity index (χ3v) is 3.66. The number of nitriles is 1. The predicted molar refractivity (Wildman–Crippen MR) is 72.0 cm³/mol. The zero-order valence-electron chi connectivity index (χ0n) is 9.29. The summed E-state index contributed by atoms with van der Waals surface area (Å²) in [5.41, 5.74) is 6.58. The van der Waals surface area contributed by atoms with Crippen LogP contribution in [0.25, 0.3) is 21.3 Å². The van der Waals surface area contributed by atoms with Gasteiger partial charge in [0.2, 0.25) is 0 Å². The van der Waals surface area contributed by atoms with Gasteiger partial charge in [0, 0.05) is 10.8 Å². The lowest BCUT2D eigenvalue weighted by atomic mass is 10.1. The van der Waals surface area contributed by atoms with Gasteiger partial charge in [-0.1, -0.05) is 24.3 Å². The first-order valence-electron chi connectivity index (χ1n) is 5.31. The van der Waals surface area contributed by atoms with Crippen molar-refractivity contribution < 1.29 is 0 Å². The number of aromatic nitrogens is 2. The minimum atomic E-state index is 0.423. The van der Waals surface area contributed by atoms with Gasteiger partial charge in [0.15, 0.2) is 5.82 Å². The number of benzene rings is 1. The van der Waals surface area contributed by atoms with E-state index in [2.05, 4.69) is 16.3 Å². The van der Waals surface area contributed by atoms with Crippen LogP contribution in [0, 0.1) is 11.3 Å². The van der Waals surface area contributed by atoms with Crippen molar-refractivity contribution in [3.8, 4) is 16.6 Å². The van der Waals surface area contributed by atoms with Crippen molar-refractivity contribution in [2.24, 2.45) is 0 Å². The minimum Gasteiger partial charge on any atom is -0.382 e. The van der Waals surface area contributed by atoms with Crippen LogP contribution in [0.1, 0.15) is 4.88 Å². The van der Waals surface area contributed by atoms with E-state index >= 15 is 0 Å². The van der Waals surface area contributed by atoms with Gasteiger partial charge < -0.3 is 5.73 Å². The summed E-state index contributed by atoms with van der Waals surface area (Å²) in [6.45, 7) is 0. The molecule has 0 saturated heterocycles. The van der Waals surface area contributed by atoms with Crippen LogP contribution in [0.15, 0.2) is 36.4 Å². The largest absolute Gasteiger partial charge is 0.382 e. The smallest absolute Gasteiger partial charge is 0.154 e. The molecule has 0 amide bonds. The maximum atomic E-state index is 8.86. The number of hydrogen-bond acceptors (Lipinski definition) is 5. The normalized spacial score (nSPS) is 10.4. The number of thiophene rings is 1. The minimum absolute atomic E-state index is 0.423. The molecule has 0 aliphatic heterocycles. The topological polar surface area (TPSA) is 75.6 Å². The van der Waals surface area contributed by atoms with Crippen LogP contribution in [-0.2, 0) is 0 Å². The maximum absolute atomic E-state index is 8.86. The zero-order chi connectivity index (χ0) is 12.5. The summed E-state index contributed by atoms with van der Waals surface area (Å²) in [7, 11) is 0. The Balaban J connectivity index is 2.30. The van der Waals surface area contributed by atoms with Gasteiger partial charge in [-0.15, -0.1) is 21.5 Å². The summed E-state index contributed by atoms with van der Waals surface area (Å²) in [5, 5.41) is 18.8. The highest BCUT2D eigenvalue weighted by atomic mass is 32.1. The van der Waals surface area contributed by atoms with E-state index in [9.17, 15) is 0 Å². The number of anilines is 1. The molecule has 2 heterocycles. The highest BCUT2D eigenvalue weighted by molar-refractivity contribution is 7.16. The lowest BCUT2D eigenvalue weighted by Gasteiger charge is -2.04. The van der Waals surface area contributed by atoms with Gasteiger partial charge in [-0.2, -0.15) is 5.26 Å². The van der Waals surface area contributed by atoms with Gasteiger partial charge in [0.1, 0.15) is 16.6 Å². The Morgan fingerprint density at radius 2 is 1.83 bits per heavy atom. The molecule has 0 fully saturated rings. The van der Waals surface area contributed by atoms with E-state index in [0.717, 1.165) is 21.3 Å². The third kappa shape index (κ3) is 1.60. The first kappa shape index (κ1) is 10.7. The second kappa shape index (κ2) is 4.09. The molecule has 0 atom stereocenters. The molecule has 3 rings (SSSR count). The van der Waals surface area contributed by atoms with E-state index in [4.69, 9.17) is 11.0 Å². The average Bonchev–Trinajstić information content (AvgIpc) is 2.88. The summed E-state index contributed by atoms with van der Waals surface area (Å²) in [4.78, 5) is 1.59. The molecular weight excluding hydrogens is 244 g/mol. The van der Waals surface area contributed by atoms with Crippen LogP contribution in [0.3, 0.4) is 0 Å². The molecule has 86 valence electrons. The Kier molecular flexibility index (Phi) is 2.43. The van der Waals surface area contributed by atoms with Gasteiger partial charge >= 0.3 is 0 Å². The molecule has 0 radical (unpaired) electrons. The SMILES string of the molecule is N#Cc1ccc(-c2nnc(N)c3ccccc23)s1. The van der Waals surface area contributed by atoms with Crippen molar-refractivity contribution in [1.29, 1.82) is 5.26 Å². The van der Waals surface area contributed by atoms with Gasteiger partial charge in [0.25, 0.3) is 0 Å². The van der Waals surface area contributed by atoms with E-state index < -0.39 is 0 Å². The molecule has 0 unspecified atom stereocenters. The molecule has 2 N–H and O–H groups in total. The summed E-state index contributed by atoms with van der Waals surface area (Å²) in [6, 6.07) is 13.5. The summed E-state index contributed by atoms with van der Waals surface area (Å²) in [6.07, 6.45) is 0. The first-order valence-corrected chi connectivity index (χ1v) is 6.12. The Labute approximate surface area is 107 Å². The van der Waals surface area contributed by atoms with Crippen molar-refractivity contribution in [2.75, 3.05) is 5.73 Å². The molecule has 5 heteroatoms. The van der Waals surface area contributed by atoms with Crippen molar-refractivity contribution in [1.82, 2.24) is 10.2 Å². The Bertz CT molecular complexity index is 770. The van der Waals surface area contributed by atoms with Crippen LogP contribution in [0.4, 0.5) is 5.82 Å². The third-order valence-electron chi connectivity index (χ3n) is 2.67. The van der Waals surface area contributed by atoms with E-state index in [-0.39, 0.29) is 0 Å². The molecule has 0 saturated carbocycles. The monoisotopic (exact) mass is 252 g/mol. The number of nitrogens with two attached hydrogens (primary N) is 1. The summed E-state index contributed by atoms with van der Waals surface area (Å²) >= 11 is 1.40. The van der Waals surface area contributed by atoms with Crippen LogP contribution >= 0.6 is 11.3 Å². The van der Waals surface area contributed by atoms with Crippen LogP contribution < -0.4 is 5.73 Å². The quantitative estimate of drug-likeness (QED) is 0.722. The molecule has 0 aliphatic carbocycles. The van der Waals surface area contributed by atoms with Crippen molar-refractivity contribution in [3.63, 3.8) is 0 Å². The Morgan fingerprint density at radius 3 is 2.56 bits per heavy atom. The van der Waals surface area contributed by atoms with E-state index in [1.807, 2.05) is 30.3 Å². The fourth-order valence-electron chi connectivity index (χ4n) is 1.83. The molecule has 3 aromatic rings. The molecular formula is C13H8N4S. The van der Waals surface area contributed by atoms with E-state index in [0.29, 0.717) is 10.7 Å². The second-order valence-electron chi connectivity index (χ2n) is 3.76. The van der Waals surface area contributed by atoms with Crippen LogP contribution in [0.2, 0.25) is 0 Å². The number of hydrogen-bond donors (Lipinski definition) is 1. The van der Waals surface area contributed by atoms with Crippen molar-refractivity contribution in [2.45, 2.75) is 0 Å². The van der Waals surface area contributed by atoms with Gasteiger partial charge in [0.05, 0.1) is 4.88 Å². The average molecular weight is 252 g/mol. The molecule has 2 aromatic heterocycles. The standard InChI is InChI=1S/C13H8N4S/c14-7-8-5-6-11(18-8)12-9-3-1-2-4-10(9)13(15)17-16-12/h1-6H,(H2,15,17). The van der Waals surface area contributed by atoms with E-state index in [1.165, 1.54) is 11.3 Å². The van der Waals surface area contributed by atoms with Crippen LogP contribution in [0.5, 0.6) is 0 Å². The van der Waals surface area contributed by atoms with Crippen LogP contribution in [-0.4, -0.2) is 10.2 Å². The number of fused-ring (bicyclic) bond motifs is 1. The number of nitrogen functional groups attached to an aromatic ring is 1. The molecule has 1 aromatic carbocycles. The van der Waals surface area contributed by atoms with Crippen molar-refractivity contribution in [3.05, 3.63) is 41.3 Å². The fraction of sp³-hybridized carbons (Fsp3) is 0. The second-order valence-corrected chi connectivity index (χ2v) is 4.84. The molecule has 0 aliphatic rings. The van der Waals surface area contributed by atoms with Gasteiger partial charge in [-0.25, -0.2) is 0 Å². The number of nitrogens with zero attached hydrogens (tertiary/aromatic N) is 3. The molecule has 4 nitrogen and oxygen atoms in total. The highest BCUT2D eigenvalue weighted by Gasteiger charge is 2.10. The molecule has 0 spiro atoms. The Hall–Kier alpha value is -2.45. The van der Waals surface area contributed by atoms with Gasteiger partial charge in [-0.3, -0.25) is 0 Å². The van der Waals surface area contributed by atoms with Crippen molar-refractivity contribution >= 4 is 27.9 Å². The first-order chi connectivity index (χ1) is 8.79. The highest BCUT2D eigenvalue weighted by Crippen LogP contribution is 2.32.